The molecule has 0 bridgehead atoms. The number of rotatable bonds is 2. The number of aliphatic hydroxyl groups is 5. The third kappa shape index (κ3) is 1.75. The summed E-state index contributed by atoms with van der Waals surface area (Å²) in [7, 11) is 1.20. The summed E-state index contributed by atoms with van der Waals surface area (Å²) in [6.45, 7) is -0.946. The molecule has 1 aliphatic heterocycles. The molecule has 0 amide bonds. The van der Waals surface area contributed by atoms with Gasteiger partial charge in [0.1, 0.15) is 18.3 Å². The molecule has 1 saturated heterocycles. The largest absolute Gasteiger partial charge is 0.391 e. The van der Waals surface area contributed by atoms with Gasteiger partial charge in [-0.1, -0.05) is 0 Å². The molecule has 0 aromatic heterocycles. The Bertz CT molecular complexity index is 198. The molecule has 0 aromatic rings. The molecule has 7 heteroatoms. The van der Waals surface area contributed by atoms with E-state index >= 15 is 0 Å². The van der Waals surface area contributed by atoms with Crippen LogP contribution < -0.4 is 0 Å². The molecule has 0 spiro atoms. The van der Waals surface area contributed by atoms with Gasteiger partial charge >= 0.3 is 0 Å². The van der Waals surface area contributed by atoms with Crippen LogP contribution in [0.5, 0.6) is 0 Å². The molecule has 1 fully saturated rings. The molecular weight excluding hydrogens is 196 g/mol. The van der Waals surface area contributed by atoms with Crippen LogP contribution in [-0.2, 0) is 9.47 Å². The van der Waals surface area contributed by atoms with E-state index in [2.05, 4.69) is 9.47 Å². The summed E-state index contributed by atoms with van der Waals surface area (Å²) in [6.07, 6.45) is -6.07. The van der Waals surface area contributed by atoms with Crippen LogP contribution in [0.1, 0.15) is 0 Å². The van der Waals surface area contributed by atoms with Crippen LogP contribution in [0.15, 0.2) is 0 Å². The van der Waals surface area contributed by atoms with E-state index in [9.17, 15) is 20.4 Å². The lowest BCUT2D eigenvalue weighted by Gasteiger charge is -2.44. The molecular formula is C7H14O7. The molecule has 84 valence electrons. The van der Waals surface area contributed by atoms with Gasteiger partial charge in [0.05, 0.1) is 6.61 Å². The highest BCUT2D eigenvalue weighted by atomic mass is 16.7. The van der Waals surface area contributed by atoms with Crippen LogP contribution in [0.4, 0.5) is 0 Å². The van der Waals surface area contributed by atoms with Crippen molar-refractivity contribution in [1.29, 1.82) is 0 Å². The predicted molar refractivity (Wildman–Crippen MR) is 41.9 cm³/mol. The van der Waals surface area contributed by atoms with Gasteiger partial charge in [-0.25, -0.2) is 0 Å². The summed E-state index contributed by atoms with van der Waals surface area (Å²) in [5.41, 5.74) is 0. The lowest BCUT2D eigenvalue weighted by Crippen LogP contribution is -2.66. The Morgan fingerprint density at radius 2 is 1.93 bits per heavy atom. The zero-order valence-electron chi connectivity index (χ0n) is 7.57. The number of hydrogen-bond donors (Lipinski definition) is 5. The highest BCUT2D eigenvalue weighted by molar-refractivity contribution is 4.93. The van der Waals surface area contributed by atoms with Gasteiger partial charge in [-0.2, -0.15) is 0 Å². The van der Waals surface area contributed by atoms with Crippen molar-refractivity contribution in [1.82, 2.24) is 0 Å². The summed E-state index contributed by atoms with van der Waals surface area (Å²) in [5.74, 6) is -2.37. The standard InChI is InChI=1S/C7H14O7/c1-13-4-3(9)5(10)7(12,2-8)14-6(4)11/h3-6,8-12H,2H2,1H3/t3-,4-,5-,6+,7?/m0/s1. The van der Waals surface area contributed by atoms with Crippen LogP contribution in [0.2, 0.25) is 0 Å². The van der Waals surface area contributed by atoms with E-state index in [1.807, 2.05) is 0 Å². The summed E-state index contributed by atoms with van der Waals surface area (Å²) < 4.78 is 9.18. The second kappa shape index (κ2) is 4.07. The van der Waals surface area contributed by atoms with Crippen molar-refractivity contribution in [2.24, 2.45) is 0 Å². The summed E-state index contributed by atoms with van der Waals surface area (Å²) in [6, 6.07) is 0. The first-order valence-electron chi connectivity index (χ1n) is 4.04. The highest BCUT2D eigenvalue weighted by Crippen LogP contribution is 2.27. The minimum Gasteiger partial charge on any atom is -0.391 e. The maximum absolute atomic E-state index is 9.40. The van der Waals surface area contributed by atoms with Crippen LogP contribution in [0.3, 0.4) is 0 Å². The average Bonchev–Trinajstić information content (AvgIpc) is 2.15. The Kier molecular flexibility index (Phi) is 3.43. The maximum atomic E-state index is 9.40. The molecule has 0 aromatic carbocycles. The van der Waals surface area contributed by atoms with Crippen molar-refractivity contribution in [2.75, 3.05) is 13.7 Å². The lowest BCUT2D eigenvalue weighted by molar-refractivity contribution is -0.392. The van der Waals surface area contributed by atoms with Crippen molar-refractivity contribution in [2.45, 2.75) is 30.4 Å². The van der Waals surface area contributed by atoms with E-state index in [-0.39, 0.29) is 0 Å². The van der Waals surface area contributed by atoms with E-state index in [1.165, 1.54) is 7.11 Å². The number of hydrogen-bond acceptors (Lipinski definition) is 7. The fraction of sp³-hybridized carbons (Fsp3) is 1.00. The molecule has 0 saturated carbocycles. The second-order valence-electron chi connectivity index (χ2n) is 3.15. The van der Waals surface area contributed by atoms with Gasteiger partial charge in [-0.05, 0) is 0 Å². The normalized spacial score (nSPS) is 49.3. The Balaban J connectivity index is 2.83. The molecule has 1 aliphatic rings. The minimum atomic E-state index is -2.37. The minimum absolute atomic E-state index is 0.946. The average molecular weight is 210 g/mol. The van der Waals surface area contributed by atoms with E-state index in [0.717, 1.165) is 0 Å². The molecule has 14 heavy (non-hydrogen) atoms. The van der Waals surface area contributed by atoms with Crippen LogP contribution in [0.25, 0.3) is 0 Å². The smallest absolute Gasteiger partial charge is 0.221 e. The highest BCUT2D eigenvalue weighted by Gasteiger charge is 2.52. The van der Waals surface area contributed by atoms with Gasteiger partial charge in [0, 0.05) is 7.11 Å². The Labute approximate surface area is 80.1 Å². The second-order valence-corrected chi connectivity index (χ2v) is 3.15. The van der Waals surface area contributed by atoms with Crippen molar-refractivity contribution >= 4 is 0 Å². The van der Waals surface area contributed by atoms with Crippen LogP contribution >= 0.6 is 0 Å². The molecule has 1 heterocycles. The summed E-state index contributed by atoms with van der Waals surface area (Å²) in [5, 5.41) is 46.1. The maximum Gasteiger partial charge on any atom is 0.221 e. The topological polar surface area (TPSA) is 120 Å². The number of aliphatic hydroxyl groups excluding tert-OH is 4. The third-order valence-electron chi connectivity index (χ3n) is 2.23. The Morgan fingerprint density at radius 3 is 2.36 bits per heavy atom. The molecule has 1 rings (SSSR count). The SMILES string of the molecule is CO[C@H]1[C@H](O)[C@H](O)C(O)(CO)O[C@H]1O. The van der Waals surface area contributed by atoms with Crippen LogP contribution in [-0.4, -0.2) is 69.6 Å². The number of ether oxygens (including phenoxy) is 2. The molecule has 5 N–H and O–H groups in total. The first-order valence-corrected chi connectivity index (χ1v) is 4.04. The molecule has 5 atom stereocenters. The van der Waals surface area contributed by atoms with Gasteiger partial charge < -0.3 is 35.0 Å². The Hall–Kier alpha value is -0.280. The number of methoxy groups -OCH3 is 1. The summed E-state index contributed by atoms with van der Waals surface area (Å²) >= 11 is 0. The zero-order valence-corrected chi connectivity index (χ0v) is 7.57. The van der Waals surface area contributed by atoms with Gasteiger partial charge in [0.15, 0.2) is 6.29 Å². The quantitative estimate of drug-likeness (QED) is 0.325. The third-order valence-corrected chi connectivity index (χ3v) is 2.23. The molecule has 0 aliphatic carbocycles. The van der Waals surface area contributed by atoms with Crippen molar-refractivity contribution in [3.05, 3.63) is 0 Å². The first kappa shape index (κ1) is 11.8. The fourth-order valence-electron chi connectivity index (χ4n) is 1.35. The van der Waals surface area contributed by atoms with E-state index in [1.54, 1.807) is 0 Å². The predicted octanol–water partition coefficient (Wildman–Crippen LogP) is -3.25. The Morgan fingerprint density at radius 1 is 1.36 bits per heavy atom. The van der Waals surface area contributed by atoms with E-state index < -0.39 is 37.0 Å². The van der Waals surface area contributed by atoms with E-state index in [4.69, 9.17) is 5.11 Å². The fourth-order valence-corrected chi connectivity index (χ4v) is 1.35. The van der Waals surface area contributed by atoms with Gasteiger partial charge in [0.25, 0.3) is 0 Å². The van der Waals surface area contributed by atoms with Gasteiger partial charge in [0.2, 0.25) is 5.79 Å². The van der Waals surface area contributed by atoms with E-state index in [0.29, 0.717) is 0 Å². The van der Waals surface area contributed by atoms with Gasteiger partial charge in [-0.3, -0.25) is 0 Å². The summed E-state index contributed by atoms with van der Waals surface area (Å²) in [4.78, 5) is 0. The molecule has 1 unspecified atom stereocenters. The van der Waals surface area contributed by atoms with Crippen molar-refractivity contribution in [3.63, 3.8) is 0 Å². The van der Waals surface area contributed by atoms with Gasteiger partial charge in [-0.15, -0.1) is 0 Å². The van der Waals surface area contributed by atoms with Crippen molar-refractivity contribution in [3.8, 4) is 0 Å². The monoisotopic (exact) mass is 210 g/mol. The first-order chi connectivity index (χ1) is 6.46. The zero-order chi connectivity index (χ0) is 10.9. The lowest BCUT2D eigenvalue weighted by atomic mass is 9.96. The van der Waals surface area contributed by atoms with Crippen LogP contribution in [0, 0.1) is 0 Å². The molecule has 0 radical (unpaired) electrons. The molecule has 7 nitrogen and oxygen atoms in total. The van der Waals surface area contributed by atoms with Crippen molar-refractivity contribution < 1.29 is 35.0 Å².